The van der Waals surface area contributed by atoms with Crippen molar-refractivity contribution in [2.24, 2.45) is 0 Å². The number of aromatic amines is 1. The molecule has 2 aliphatic rings. The minimum absolute atomic E-state index is 0.0748. The van der Waals surface area contributed by atoms with Crippen LogP contribution in [0.5, 0.6) is 0 Å². The van der Waals surface area contributed by atoms with Crippen LogP contribution in [0, 0.1) is 0 Å². The highest BCUT2D eigenvalue weighted by Gasteiger charge is 2.47. The lowest BCUT2D eigenvalue weighted by atomic mass is 10.1. The highest BCUT2D eigenvalue weighted by molar-refractivity contribution is 8.07. The predicted octanol–water partition coefficient (Wildman–Crippen LogP) is 0.247. The molecule has 2 aliphatic heterocycles. The largest absolute Gasteiger partial charge is 0.394 e. The molecule has 244 valence electrons. The Morgan fingerprint density at radius 2 is 1.91 bits per heavy atom. The zero-order chi connectivity index (χ0) is 32.3. The number of nitrogen functional groups attached to an aromatic ring is 1. The van der Waals surface area contributed by atoms with Gasteiger partial charge in [-0.1, -0.05) is 0 Å². The first-order chi connectivity index (χ1) is 21.2. The lowest BCUT2D eigenvalue weighted by Gasteiger charge is -2.24. The number of aliphatic hydroxyl groups is 2. The summed E-state index contributed by atoms with van der Waals surface area (Å²) >= 11 is 5.19. The van der Waals surface area contributed by atoms with Crippen molar-refractivity contribution in [2.45, 2.75) is 75.8 Å². The van der Waals surface area contributed by atoms with Crippen molar-refractivity contribution < 1.29 is 38.0 Å². The molecular formula is C24H32FN10O8PS. The third kappa shape index (κ3) is 6.29. The Labute approximate surface area is 259 Å². The molecule has 0 bridgehead atoms. The van der Waals surface area contributed by atoms with E-state index in [2.05, 4.69) is 35.2 Å². The highest BCUT2D eigenvalue weighted by atomic mass is 32.5. The fourth-order valence-electron chi connectivity index (χ4n) is 5.19. The predicted molar refractivity (Wildman–Crippen MR) is 159 cm³/mol. The third-order valence-electron chi connectivity index (χ3n) is 7.22. The zero-order valence-corrected chi connectivity index (χ0v) is 25.9. The number of nitrogens with two attached hydrogens (primary N) is 1. The van der Waals surface area contributed by atoms with Crippen LogP contribution < -0.4 is 16.6 Å². The van der Waals surface area contributed by atoms with Gasteiger partial charge in [0, 0.05) is 12.0 Å². The summed E-state index contributed by atoms with van der Waals surface area (Å²) in [6.45, 7) is 0.678. The van der Waals surface area contributed by atoms with Gasteiger partial charge < -0.3 is 44.7 Å². The molecular weight excluding hydrogens is 638 g/mol. The standard InChI is InChI=1S/C24H32FN10O8PS/c1-24(2,3)33-23-31-20-16(21(38)32-23)30-8-34(20)13-4-10(11(5-36)41-13)43-44(39,45)40-6-12-17(37)14(25)22(42-12)35-9-29-15-18(26)27-7-28-19(15)35/h7-14,17,22,36-37H,4-6H2,1-3H3,(H,39,45)(H2,26,27,28)(H2,31,32,33,38)/t10-,11+,12+,13+,14+,17+,22+,44?/m0/s1. The van der Waals surface area contributed by atoms with Gasteiger partial charge in [0.25, 0.3) is 5.56 Å². The Morgan fingerprint density at radius 1 is 1.18 bits per heavy atom. The normalized spacial score (nSPS) is 28.6. The SMILES string of the molecule is CC(C)(C)Nc1nc2c(ncn2[C@H]2C[C@H](OP(O)(=S)OC[C@H]3O[C@@H](n4cnc5c(N)ncnc54)[C@H](F)[C@@H]3O)[C@@H](CO)O2)c(=O)[nH]1. The van der Waals surface area contributed by atoms with Crippen molar-refractivity contribution in [1.82, 2.24) is 39.0 Å². The van der Waals surface area contributed by atoms with Gasteiger partial charge in [-0.15, -0.1) is 0 Å². The number of rotatable bonds is 9. The molecule has 0 aromatic carbocycles. The summed E-state index contributed by atoms with van der Waals surface area (Å²) in [7, 11) is 0. The molecule has 18 nitrogen and oxygen atoms in total. The number of aromatic nitrogens is 8. The molecule has 0 spiro atoms. The first kappa shape index (κ1) is 31.8. The quantitative estimate of drug-likeness (QED) is 0.131. The van der Waals surface area contributed by atoms with Crippen LogP contribution in [-0.2, 0) is 30.3 Å². The van der Waals surface area contributed by atoms with Gasteiger partial charge in [-0.25, -0.2) is 24.3 Å². The van der Waals surface area contributed by atoms with E-state index in [4.69, 9.17) is 36.1 Å². The van der Waals surface area contributed by atoms with Crippen molar-refractivity contribution in [3.8, 4) is 0 Å². The number of nitrogens with zero attached hydrogens (tertiary/aromatic N) is 7. The number of ether oxygens (including phenoxy) is 2. The van der Waals surface area contributed by atoms with Crippen LogP contribution in [0.15, 0.2) is 23.8 Å². The summed E-state index contributed by atoms with van der Waals surface area (Å²) in [5.41, 5.74) is 5.72. The van der Waals surface area contributed by atoms with Crippen LogP contribution in [0.2, 0.25) is 0 Å². The first-order valence-electron chi connectivity index (χ1n) is 13.8. The lowest BCUT2D eigenvalue weighted by Crippen LogP contribution is -2.32. The zero-order valence-electron chi connectivity index (χ0n) is 24.2. The van der Waals surface area contributed by atoms with Gasteiger partial charge in [-0.05, 0) is 32.6 Å². The maximum atomic E-state index is 15.1. The third-order valence-corrected chi connectivity index (χ3v) is 8.81. The van der Waals surface area contributed by atoms with E-state index >= 15 is 4.39 Å². The number of nitrogens with one attached hydrogen (secondary N) is 2. The number of halogens is 1. The van der Waals surface area contributed by atoms with E-state index in [9.17, 15) is 19.9 Å². The minimum atomic E-state index is -4.04. The number of H-pyrrole nitrogens is 1. The van der Waals surface area contributed by atoms with Gasteiger partial charge >= 0.3 is 6.72 Å². The van der Waals surface area contributed by atoms with Gasteiger partial charge in [0.15, 0.2) is 35.0 Å². The lowest BCUT2D eigenvalue weighted by molar-refractivity contribution is -0.0519. The van der Waals surface area contributed by atoms with E-state index in [0.717, 1.165) is 0 Å². The van der Waals surface area contributed by atoms with E-state index in [0.29, 0.717) is 0 Å². The maximum absolute atomic E-state index is 15.1. The molecule has 6 heterocycles. The van der Waals surface area contributed by atoms with Crippen LogP contribution in [-0.4, -0.2) is 103 Å². The van der Waals surface area contributed by atoms with Gasteiger partial charge in [-0.3, -0.25) is 18.9 Å². The summed E-state index contributed by atoms with van der Waals surface area (Å²) < 4.78 is 40.8. The summed E-state index contributed by atoms with van der Waals surface area (Å²) in [5.74, 6) is 0.330. The Bertz CT molecular complexity index is 1820. The van der Waals surface area contributed by atoms with E-state index in [1.165, 1.54) is 28.1 Å². The van der Waals surface area contributed by atoms with Crippen molar-refractivity contribution in [2.75, 3.05) is 24.3 Å². The monoisotopic (exact) mass is 670 g/mol. The smallest absolute Gasteiger partial charge is 0.324 e. The van der Waals surface area contributed by atoms with Gasteiger partial charge in [0.1, 0.15) is 36.4 Å². The number of anilines is 2. The van der Waals surface area contributed by atoms with Crippen LogP contribution in [0.3, 0.4) is 0 Å². The van der Waals surface area contributed by atoms with Gasteiger partial charge in [0.05, 0.1) is 32.0 Å². The second-order valence-corrected chi connectivity index (χ2v) is 14.4. The van der Waals surface area contributed by atoms with E-state index < -0.39 is 68.5 Å². The maximum Gasteiger partial charge on any atom is 0.324 e. The molecule has 1 unspecified atom stereocenters. The van der Waals surface area contributed by atoms with E-state index in [1.54, 1.807) is 0 Å². The summed E-state index contributed by atoms with van der Waals surface area (Å²) in [6, 6.07) is 0. The Kier molecular flexibility index (Phi) is 8.38. The fourth-order valence-corrected chi connectivity index (χ4v) is 6.66. The summed E-state index contributed by atoms with van der Waals surface area (Å²) in [4.78, 5) is 46.8. The van der Waals surface area contributed by atoms with Crippen LogP contribution in [0.25, 0.3) is 22.3 Å². The highest BCUT2D eigenvalue weighted by Crippen LogP contribution is 2.49. The number of hydrogen-bond acceptors (Lipinski definition) is 15. The minimum Gasteiger partial charge on any atom is -0.394 e. The molecule has 7 N–H and O–H groups in total. The molecule has 4 aromatic heterocycles. The molecule has 21 heteroatoms. The van der Waals surface area contributed by atoms with Gasteiger partial charge in [0.2, 0.25) is 5.95 Å². The Hall–Kier alpha value is -3.20. The molecule has 4 aromatic rings. The number of fused-ring (bicyclic) bond motifs is 2. The Balaban J connectivity index is 1.13. The van der Waals surface area contributed by atoms with Gasteiger partial charge in [-0.2, -0.15) is 4.98 Å². The molecule has 8 atom stereocenters. The van der Waals surface area contributed by atoms with Crippen molar-refractivity contribution in [3.05, 3.63) is 29.3 Å². The second-order valence-electron chi connectivity index (χ2n) is 11.7. The molecule has 0 aliphatic carbocycles. The first-order valence-corrected chi connectivity index (χ1v) is 16.4. The fraction of sp³-hybridized carbons (Fsp3) is 0.583. The molecule has 0 saturated carbocycles. The van der Waals surface area contributed by atoms with E-state index in [-0.39, 0.29) is 46.1 Å². The van der Waals surface area contributed by atoms with Crippen molar-refractivity contribution in [3.63, 3.8) is 0 Å². The summed E-state index contributed by atoms with van der Waals surface area (Å²) in [6.07, 6.45) is -4.86. The number of imidazole rings is 2. The second kappa shape index (κ2) is 11.9. The molecule has 0 amide bonds. The van der Waals surface area contributed by atoms with Crippen molar-refractivity contribution >= 4 is 52.6 Å². The van der Waals surface area contributed by atoms with Crippen LogP contribution in [0.1, 0.15) is 39.6 Å². The molecule has 6 rings (SSSR count). The summed E-state index contributed by atoms with van der Waals surface area (Å²) in [5, 5.41) is 23.6. The molecule has 2 saturated heterocycles. The number of alkyl halides is 1. The molecule has 45 heavy (non-hydrogen) atoms. The average molecular weight is 671 g/mol. The molecule has 2 fully saturated rings. The van der Waals surface area contributed by atoms with E-state index in [1.807, 2.05) is 20.8 Å². The average Bonchev–Trinajstić information content (AvgIpc) is 3.73. The topological polar surface area (TPSA) is 243 Å². The Morgan fingerprint density at radius 3 is 2.64 bits per heavy atom. The number of aliphatic hydroxyl groups excluding tert-OH is 2. The van der Waals surface area contributed by atoms with Crippen LogP contribution >= 0.6 is 6.72 Å². The molecule has 0 radical (unpaired) electrons. The van der Waals surface area contributed by atoms with Crippen molar-refractivity contribution in [1.29, 1.82) is 0 Å². The van der Waals surface area contributed by atoms with Crippen LogP contribution in [0.4, 0.5) is 16.2 Å². The number of hydrogen-bond donors (Lipinski definition) is 6.